The molecular formula is C20H40O4Si. The number of aliphatic hydroxyl groups is 1. The second-order valence-electron chi connectivity index (χ2n) is 9.58. The summed E-state index contributed by atoms with van der Waals surface area (Å²) in [6, 6.07) is 0. The minimum Gasteiger partial charge on any atom is -0.417 e. The summed E-state index contributed by atoms with van der Waals surface area (Å²) in [5.74, 6) is -0.0893. The van der Waals surface area contributed by atoms with E-state index in [0.717, 1.165) is 12.8 Å². The van der Waals surface area contributed by atoms with Crippen molar-refractivity contribution in [2.45, 2.75) is 104 Å². The van der Waals surface area contributed by atoms with E-state index in [1.54, 1.807) is 0 Å². The van der Waals surface area contributed by atoms with Crippen LogP contribution in [-0.2, 0) is 13.9 Å². The fourth-order valence-electron chi connectivity index (χ4n) is 2.62. The first kappa shape index (κ1) is 22.8. The highest BCUT2D eigenvalue weighted by Gasteiger charge is 2.44. The van der Waals surface area contributed by atoms with E-state index in [1.807, 2.05) is 26.0 Å². The van der Waals surface area contributed by atoms with E-state index in [2.05, 4.69) is 47.7 Å². The van der Waals surface area contributed by atoms with E-state index in [-0.39, 0.29) is 17.2 Å². The largest absolute Gasteiger partial charge is 0.417 e. The van der Waals surface area contributed by atoms with E-state index < -0.39 is 20.2 Å². The highest BCUT2D eigenvalue weighted by molar-refractivity contribution is 6.74. The van der Waals surface area contributed by atoms with Crippen LogP contribution < -0.4 is 0 Å². The quantitative estimate of drug-likeness (QED) is 0.487. The summed E-state index contributed by atoms with van der Waals surface area (Å²) in [7, 11) is -1.77. The number of hydrogen-bond acceptors (Lipinski definition) is 4. The maximum Gasteiger partial charge on any atom is 0.191 e. The molecule has 1 heterocycles. The molecule has 0 amide bonds. The topological polar surface area (TPSA) is 47.9 Å². The summed E-state index contributed by atoms with van der Waals surface area (Å²) in [6.45, 7) is 20.0. The van der Waals surface area contributed by atoms with Gasteiger partial charge in [-0.3, -0.25) is 0 Å². The minimum atomic E-state index is -1.77. The summed E-state index contributed by atoms with van der Waals surface area (Å²) in [5, 5.41) is 10.7. The van der Waals surface area contributed by atoms with Gasteiger partial charge in [-0.2, -0.15) is 0 Å². The number of ether oxygens (including phenoxy) is 2. The molecule has 0 aliphatic carbocycles. The van der Waals surface area contributed by atoms with Crippen molar-refractivity contribution in [2.24, 2.45) is 5.92 Å². The molecule has 0 aromatic heterocycles. The van der Waals surface area contributed by atoms with Crippen molar-refractivity contribution in [2.75, 3.05) is 6.61 Å². The normalized spacial score (nSPS) is 25.9. The van der Waals surface area contributed by atoms with Gasteiger partial charge >= 0.3 is 0 Å². The molecule has 1 aliphatic heterocycles. The Balaban J connectivity index is 2.64. The van der Waals surface area contributed by atoms with Crippen LogP contribution in [0.3, 0.4) is 0 Å². The lowest BCUT2D eigenvalue weighted by molar-refractivity contribution is -0.153. The first-order chi connectivity index (χ1) is 11.3. The Morgan fingerprint density at radius 3 is 2.32 bits per heavy atom. The predicted octanol–water partition coefficient (Wildman–Crippen LogP) is 4.88. The maximum atomic E-state index is 10.5. The smallest absolute Gasteiger partial charge is 0.191 e. The number of hydrogen-bond donors (Lipinski definition) is 1. The Labute approximate surface area is 156 Å². The Kier molecular flexibility index (Phi) is 7.91. The molecule has 0 spiro atoms. The molecule has 0 bridgehead atoms. The fraction of sp³-hybridized carbons (Fsp3) is 0.900. The van der Waals surface area contributed by atoms with E-state index in [4.69, 9.17) is 13.9 Å². The van der Waals surface area contributed by atoms with Gasteiger partial charge in [0.2, 0.25) is 0 Å². The van der Waals surface area contributed by atoms with Gasteiger partial charge in [-0.15, -0.1) is 0 Å². The molecule has 148 valence electrons. The SMILES string of the molecule is CC(C)C/C=C\C(O)[C@H]1OC(C)(C)O[C@H]1CCO[Si](C)(C)C(C)(C)C. The molecule has 5 heteroatoms. The van der Waals surface area contributed by atoms with E-state index in [9.17, 15) is 5.11 Å². The fourth-order valence-corrected chi connectivity index (χ4v) is 3.68. The number of allylic oxidation sites excluding steroid dienone is 1. The predicted molar refractivity (Wildman–Crippen MR) is 106 cm³/mol. The molecule has 1 N–H and O–H groups in total. The molecule has 1 unspecified atom stereocenters. The highest BCUT2D eigenvalue weighted by Crippen LogP contribution is 2.37. The van der Waals surface area contributed by atoms with Crippen molar-refractivity contribution in [3.63, 3.8) is 0 Å². The molecule has 1 aliphatic rings. The van der Waals surface area contributed by atoms with Crippen LogP contribution in [0.25, 0.3) is 0 Å². The van der Waals surface area contributed by atoms with Crippen LogP contribution in [0.4, 0.5) is 0 Å². The third-order valence-electron chi connectivity index (χ3n) is 5.17. The van der Waals surface area contributed by atoms with Gasteiger partial charge in [0, 0.05) is 6.61 Å². The molecule has 0 saturated carbocycles. The van der Waals surface area contributed by atoms with Gasteiger partial charge in [-0.05, 0) is 50.7 Å². The summed E-state index contributed by atoms with van der Waals surface area (Å²) in [5.41, 5.74) is 0. The average Bonchev–Trinajstić information content (AvgIpc) is 2.72. The van der Waals surface area contributed by atoms with Crippen LogP contribution in [0.2, 0.25) is 18.1 Å². The third kappa shape index (κ3) is 7.14. The Bertz CT molecular complexity index is 437. The molecule has 0 radical (unpaired) electrons. The maximum absolute atomic E-state index is 10.5. The molecular weight excluding hydrogens is 332 g/mol. The zero-order valence-corrected chi connectivity index (χ0v) is 18.8. The first-order valence-electron chi connectivity index (χ1n) is 9.59. The molecule has 25 heavy (non-hydrogen) atoms. The van der Waals surface area contributed by atoms with Gasteiger partial charge < -0.3 is 19.0 Å². The highest BCUT2D eigenvalue weighted by atomic mass is 28.4. The zero-order valence-electron chi connectivity index (χ0n) is 17.8. The minimum absolute atomic E-state index is 0.154. The van der Waals surface area contributed by atoms with Gasteiger partial charge in [0.25, 0.3) is 0 Å². The Hall–Kier alpha value is -0.203. The molecule has 1 rings (SSSR count). The van der Waals surface area contributed by atoms with Crippen molar-refractivity contribution in [1.29, 1.82) is 0 Å². The number of aliphatic hydroxyl groups excluding tert-OH is 1. The van der Waals surface area contributed by atoms with Crippen molar-refractivity contribution >= 4 is 8.32 Å². The Morgan fingerprint density at radius 2 is 1.80 bits per heavy atom. The lowest BCUT2D eigenvalue weighted by Gasteiger charge is -2.36. The van der Waals surface area contributed by atoms with E-state index >= 15 is 0 Å². The first-order valence-corrected chi connectivity index (χ1v) is 12.5. The summed E-state index contributed by atoms with van der Waals surface area (Å²) >= 11 is 0. The van der Waals surface area contributed by atoms with Gasteiger partial charge in [0.15, 0.2) is 14.1 Å². The standard InChI is InChI=1S/C20H40O4Si/c1-15(2)11-10-12-16(21)18-17(23-20(6,7)24-18)13-14-22-25(8,9)19(3,4)5/h10,12,15-18,21H,11,13-14H2,1-9H3/b12-10-/t16?,17-,18+/m0/s1. The molecule has 4 nitrogen and oxygen atoms in total. The van der Waals surface area contributed by atoms with Crippen molar-refractivity contribution < 1.29 is 19.0 Å². The van der Waals surface area contributed by atoms with Crippen LogP contribution in [0.15, 0.2) is 12.2 Å². The third-order valence-corrected chi connectivity index (χ3v) is 9.71. The molecule has 0 aromatic rings. The molecule has 3 atom stereocenters. The van der Waals surface area contributed by atoms with Crippen LogP contribution in [-0.4, -0.2) is 44.1 Å². The van der Waals surface area contributed by atoms with Gasteiger partial charge in [0.05, 0.1) is 6.10 Å². The lowest BCUT2D eigenvalue weighted by Crippen LogP contribution is -2.42. The van der Waals surface area contributed by atoms with Gasteiger partial charge in [-0.25, -0.2) is 0 Å². The van der Waals surface area contributed by atoms with Crippen LogP contribution >= 0.6 is 0 Å². The molecule has 0 aromatic carbocycles. The van der Waals surface area contributed by atoms with E-state index in [0.29, 0.717) is 12.5 Å². The van der Waals surface area contributed by atoms with Crippen molar-refractivity contribution in [3.8, 4) is 0 Å². The van der Waals surface area contributed by atoms with Crippen LogP contribution in [0.5, 0.6) is 0 Å². The summed E-state index contributed by atoms with van der Waals surface area (Å²) < 4.78 is 18.3. The number of rotatable bonds is 8. The summed E-state index contributed by atoms with van der Waals surface area (Å²) in [4.78, 5) is 0. The second-order valence-corrected chi connectivity index (χ2v) is 14.4. The van der Waals surface area contributed by atoms with E-state index in [1.165, 1.54) is 0 Å². The van der Waals surface area contributed by atoms with Crippen molar-refractivity contribution in [1.82, 2.24) is 0 Å². The zero-order chi connectivity index (χ0) is 19.5. The average molecular weight is 373 g/mol. The molecule has 1 saturated heterocycles. The second kappa shape index (κ2) is 8.66. The van der Waals surface area contributed by atoms with Gasteiger partial charge in [0.1, 0.15) is 12.2 Å². The van der Waals surface area contributed by atoms with Gasteiger partial charge in [-0.1, -0.05) is 46.8 Å². The lowest BCUT2D eigenvalue weighted by atomic mass is 10.0. The summed E-state index contributed by atoms with van der Waals surface area (Å²) in [6.07, 6.45) is 4.41. The van der Waals surface area contributed by atoms with Crippen LogP contribution in [0.1, 0.15) is 61.3 Å². The Morgan fingerprint density at radius 1 is 1.20 bits per heavy atom. The molecule has 1 fully saturated rings. The van der Waals surface area contributed by atoms with Crippen molar-refractivity contribution in [3.05, 3.63) is 12.2 Å². The van der Waals surface area contributed by atoms with Crippen LogP contribution in [0, 0.1) is 5.92 Å². The monoisotopic (exact) mass is 372 g/mol.